The molecule has 0 bridgehead atoms. The number of nitrogens with zero attached hydrogens (tertiary/aromatic N) is 1. The molecule has 1 aliphatic heterocycles. The Balaban J connectivity index is 1.90. The van der Waals surface area contributed by atoms with Gasteiger partial charge >= 0.3 is 5.97 Å². The highest BCUT2D eigenvalue weighted by atomic mass is 32.2. The molecule has 1 heterocycles. The Morgan fingerprint density at radius 2 is 2.06 bits per heavy atom. The molecule has 6 heteroatoms. The SMILES string of the molecule is O=C(ON1C(=O)CSC1=S)C1CCCCC1. The standard InChI is InChI=1S/C10H13NO3S2/c12-8-6-16-10(15)11(8)14-9(13)7-4-2-1-3-5-7/h7H,1-6H2. The second-order valence-electron chi connectivity index (χ2n) is 3.99. The Bertz CT molecular complexity index is 310. The Kier molecular flexibility index (Phi) is 3.81. The highest BCUT2D eigenvalue weighted by molar-refractivity contribution is 8.23. The monoisotopic (exact) mass is 259 g/mol. The van der Waals surface area contributed by atoms with E-state index >= 15 is 0 Å². The largest absolute Gasteiger partial charge is 0.336 e. The summed E-state index contributed by atoms with van der Waals surface area (Å²) in [6, 6.07) is 0. The first-order valence-electron chi connectivity index (χ1n) is 5.40. The molecule has 0 radical (unpaired) electrons. The van der Waals surface area contributed by atoms with Crippen LogP contribution in [0.15, 0.2) is 0 Å². The Morgan fingerprint density at radius 3 is 2.62 bits per heavy atom. The van der Waals surface area contributed by atoms with Gasteiger partial charge < -0.3 is 4.84 Å². The van der Waals surface area contributed by atoms with Gasteiger partial charge in [0.15, 0.2) is 4.32 Å². The molecular weight excluding hydrogens is 246 g/mol. The molecular formula is C10H13NO3S2. The predicted octanol–water partition coefficient (Wildman–Crippen LogP) is 1.89. The smallest absolute Gasteiger partial charge is 0.332 e. The number of thioether (sulfide) groups is 1. The van der Waals surface area contributed by atoms with Gasteiger partial charge in [0.2, 0.25) is 0 Å². The van der Waals surface area contributed by atoms with Crippen LogP contribution in [0.4, 0.5) is 0 Å². The number of carbonyl (C=O) groups is 2. The third kappa shape index (κ3) is 2.55. The van der Waals surface area contributed by atoms with Crippen LogP contribution in [0, 0.1) is 5.92 Å². The number of hydroxylamine groups is 2. The zero-order valence-corrected chi connectivity index (χ0v) is 10.4. The lowest BCUT2D eigenvalue weighted by Gasteiger charge is -2.22. The van der Waals surface area contributed by atoms with E-state index in [1.165, 1.54) is 18.2 Å². The van der Waals surface area contributed by atoms with Gasteiger partial charge in [0.25, 0.3) is 5.91 Å². The highest BCUT2D eigenvalue weighted by Gasteiger charge is 2.33. The summed E-state index contributed by atoms with van der Waals surface area (Å²) >= 11 is 6.16. The van der Waals surface area contributed by atoms with Gasteiger partial charge in [-0.15, -0.1) is 5.06 Å². The Labute approximate surface area is 104 Å². The summed E-state index contributed by atoms with van der Waals surface area (Å²) in [6.07, 6.45) is 5.03. The fourth-order valence-electron chi connectivity index (χ4n) is 1.93. The number of amides is 1. The molecule has 2 fully saturated rings. The zero-order chi connectivity index (χ0) is 11.5. The first-order valence-corrected chi connectivity index (χ1v) is 6.79. The van der Waals surface area contributed by atoms with Crippen LogP contribution in [0.2, 0.25) is 0 Å². The molecule has 1 saturated heterocycles. The van der Waals surface area contributed by atoms with Crippen LogP contribution in [0.5, 0.6) is 0 Å². The van der Waals surface area contributed by atoms with Gasteiger partial charge in [-0.05, 0) is 25.1 Å². The lowest BCUT2D eigenvalue weighted by Crippen LogP contribution is -2.34. The maximum atomic E-state index is 11.8. The molecule has 1 aliphatic carbocycles. The minimum absolute atomic E-state index is 0.0602. The molecule has 88 valence electrons. The summed E-state index contributed by atoms with van der Waals surface area (Å²) in [5, 5.41) is 0.969. The van der Waals surface area contributed by atoms with Crippen LogP contribution in [0.25, 0.3) is 0 Å². The molecule has 0 aromatic carbocycles. The minimum Gasteiger partial charge on any atom is -0.332 e. The van der Waals surface area contributed by atoms with E-state index in [-0.39, 0.29) is 23.5 Å². The van der Waals surface area contributed by atoms with Crippen molar-refractivity contribution in [1.82, 2.24) is 5.06 Å². The summed E-state index contributed by atoms with van der Waals surface area (Å²) < 4.78 is 0.342. The van der Waals surface area contributed by atoms with Crippen molar-refractivity contribution in [2.75, 3.05) is 5.75 Å². The molecule has 2 aliphatic rings. The quantitative estimate of drug-likeness (QED) is 0.709. The van der Waals surface area contributed by atoms with E-state index < -0.39 is 0 Å². The average Bonchev–Trinajstić information content (AvgIpc) is 2.62. The first-order chi connectivity index (χ1) is 7.68. The Hall–Kier alpha value is -0.620. The zero-order valence-electron chi connectivity index (χ0n) is 8.81. The third-order valence-corrected chi connectivity index (χ3v) is 4.15. The molecule has 4 nitrogen and oxygen atoms in total. The topological polar surface area (TPSA) is 46.6 Å². The number of carbonyl (C=O) groups excluding carboxylic acids is 2. The maximum absolute atomic E-state index is 11.8. The lowest BCUT2D eigenvalue weighted by molar-refractivity contribution is -0.184. The fraction of sp³-hybridized carbons (Fsp3) is 0.700. The number of hydrogen-bond donors (Lipinski definition) is 0. The van der Waals surface area contributed by atoms with Crippen molar-refractivity contribution < 1.29 is 14.4 Å². The number of hydrogen-bond acceptors (Lipinski definition) is 5. The lowest BCUT2D eigenvalue weighted by atomic mass is 9.89. The van der Waals surface area contributed by atoms with E-state index in [9.17, 15) is 9.59 Å². The van der Waals surface area contributed by atoms with E-state index in [4.69, 9.17) is 17.1 Å². The number of thiocarbonyl (C=S) groups is 1. The van der Waals surface area contributed by atoms with Crippen LogP contribution in [-0.2, 0) is 14.4 Å². The summed E-state index contributed by atoms with van der Waals surface area (Å²) in [4.78, 5) is 28.2. The van der Waals surface area contributed by atoms with Gasteiger partial charge in [-0.25, -0.2) is 4.79 Å². The first kappa shape index (κ1) is 11.9. The molecule has 0 aromatic rings. The number of rotatable bonds is 2. The molecule has 0 unspecified atom stereocenters. The van der Waals surface area contributed by atoms with Gasteiger partial charge in [0.05, 0.1) is 11.7 Å². The van der Waals surface area contributed by atoms with Crippen molar-refractivity contribution in [3.8, 4) is 0 Å². The maximum Gasteiger partial charge on any atom is 0.336 e. The molecule has 0 atom stereocenters. The molecule has 1 amide bonds. The van der Waals surface area contributed by atoms with Crippen LogP contribution in [-0.4, -0.2) is 27.0 Å². The summed E-state index contributed by atoms with van der Waals surface area (Å²) in [7, 11) is 0. The van der Waals surface area contributed by atoms with Crippen LogP contribution in [0.3, 0.4) is 0 Å². The highest BCUT2D eigenvalue weighted by Crippen LogP contribution is 2.26. The second-order valence-corrected chi connectivity index (χ2v) is 5.60. The van der Waals surface area contributed by atoms with E-state index in [2.05, 4.69) is 0 Å². The van der Waals surface area contributed by atoms with Gasteiger partial charge in [-0.2, -0.15) is 0 Å². The van der Waals surface area contributed by atoms with Gasteiger partial charge in [-0.3, -0.25) is 4.79 Å². The molecule has 0 N–H and O–H groups in total. The van der Waals surface area contributed by atoms with Gasteiger partial charge in [0, 0.05) is 0 Å². The van der Waals surface area contributed by atoms with E-state index in [0.717, 1.165) is 30.7 Å². The van der Waals surface area contributed by atoms with E-state index in [1.54, 1.807) is 0 Å². The minimum atomic E-state index is -0.307. The molecule has 16 heavy (non-hydrogen) atoms. The van der Waals surface area contributed by atoms with Gasteiger partial charge in [-0.1, -0.05) is 31.0 Å². The fourth-order valence-corrected chi connectivity index (χ4v) is 2.87. The van der Waals surface area contributed by atoms with Crippen molar-refractivity contribution in [1.29, 1.82) is 0 Å². The van der Waals surface area contributed by atoms with Crippen LogP contribution in [0.1, 0.15) is 32.1 Å². The van der Waals surface area contributed by atoms with E-state index in [0.29, 0.717) is 4.32 Å². The van der Waals surface area contributed by atoms with Crippen LogP contribution < -0.4 is 0 Å². The van der Waals surface area contributed by atoms with Crippen molar-refractivity contribution in [2.45, 2.75) is 32.1 Å². The summed E-state index contributed by atoms with van der Waals surface area (Å²) in [5.74, 6) is -0.330. The van der Waals surface area contributed by atoms with E-state index in [1.807, 2.05) is 0 Å². The normalized spacial score (nSPS) is 22.6. The van der Waals surface area contributed by atoms with Crippen molar-refractivity contribution in [3.05, 3.63) is 0 Å². The second kappa shape index (κ2) is 5.14. The van der Waals surface area contributed by atoms with Crippen molar-refractivity contribution >= 4 is 40.2 Å². The average molecular weight is 259 g/mol. The molecule has 0 spiro atoms. The predicted molar refractivity (Wildman–Crippen MR) is 64.6 cm³/mol. The molecule has 1 saturated carbocycles. The summed E-state index contributed by atoms with van der Waals surface area (Å²) in [5.41, 5.74) is 0. The van der Waals surface area contributed by atoms with Crippen LogP contribution >= 0.6 is 24.0 Å². The summed E-state index contributed by atoms with van der Waals surface area (Å²) in [6.45, 7) is 0. The van der Waals surface area contributed by atoms with Crippen molar-refractivity contribution in [3.63, 3.8) is 0 Å². The molecule has 0 aromatic heterocycles. The van der Waals surface area contributed by atoms with Gasteiger partial charge in [0.1, 0.15) is 0 Å². The molecule has 2 rings (SSSR count). The third-order valence-electron chi connectivity index (χ3n) is 2.83. The Morgan fingerprint density at radius 1 is 1.38 bits per heavy atom. The van der Waals surface area contributed by atoms with Crippen molar-refractivity contribution in [2.24, 2.45) is 5.92 Å².